The van der Waals surface area contributed by atoms with Crippen molar-refractivity contribution in [2.24, 2.45) is 4.99 Å². The third-order valence-corrected chi connectivity index (χ3v) is 5.43. The van der Waals surface area contributed by atoms with E-state index in [-0.39, 0.29) is 29.9 Å². The van der Waals surface area contributed by atoms with Crippen molar-refractivity contribution in [1.29, 1.82) is 0 Å². The zero-order chi connectivity index (χ0) is 21.5. The van der Waals surface area contributed by atoms with Crippen molar-refractivity contribution in [2.45, 2.75) is 25.8 Å². The van der Waals surface area contributed by atoms with Crippen molar-refractivity contribution in [3.63, 3.8) is 0 Å². The Morgan fingerprint density at radius 3 is 2.72 bits per heavy atom. The molecule has 1 atom stereocenters. The molecule has 1 aliphatic rings. The quantitative estimate of drug-likeness (QED) is 0.257. The molecule has 3 aromatic rings. The molecule has 1 aliphatic heterocycles. The number of amides is 1. The number of anilines is 1. The molecule has 7 heteroatoms. The Hall–Kier alpha value is -2.81. The van der Waals surface area contributed by atoms with Gasteiger partial charge in [0.2, 0.25) is 0 Å². The minimum atomic E-state index is -0.261. The van der Waals surface area contributed by atoms with Gasteiger partial charge in [-0.3, -0.25) is 4.79 Å². The smallest absolute Gasteiger partial charge is 0.291 e. The van der Waals surface area contributed by atoms with Crippen LogP contribution < -0.4 is 10.6 Å². The Morgan fingerprint density at radius 2 is 1.97 bits per heavy atom. The predicted octanol–water partition coefficient (Wildman–Crippen LogP) is 5.10. The van der Waals surface area contributed by atoms with E-state index in [1.807, 2.05) is 24.3 Å². The molecule has 0 bridgehead atoms. The Labute approximate surface area is 206 Å². The summed E-state index contributed by atoms with van der Waals surface area (Å²) in [5.41, 5.74) is 3.15. The summed E-state index contributed by atoms with van der Waals surface area (Å²) in [5, 5.41) is 6.30. The molecule has 6 nitrogen and oxygen atoms in total. The Balaban J connectivity index is 0.00000289. The highest BCUT2D eigenvalue weighted by atomic mass is 127. The molecule has 0 spiro atoms. The number of halogens is 1. The number of hydrogen-bond donors (Lipinski definition) is 2. The molecule has 0 radical (unpaired) electrons. The molecule has 1 unspecified atom stereocenters. The minimum Gasteiger partial charge on any atom is -0.459 e. The van der Waals surface area contributed by atoms with E-state index >= 15 is 0 Å². The number of nitrogens with one attached hydrogen (secondary N) is 2. The van der Waals surface area contributed by atoms with Crippen LogP contribution in [0.15, 0.2) is 82.4 Å². The van der Waals surface area contributed by atoms with Gasteiger partial charge in [0.25, 0.3) is 5.91 Å². The van der Waals surface area contributed by atoms with E-state index in [9.17, 15) is 4.79 Å². The summed E-state index contributed by atoms with van der Waals surface area (Å²) in [4.78, 5) is 19.4. The van der Waals surface area contributed by atoms with E-state index in [2.05, 4.69) is 52.8 Å². The first-order valence-electron chi connectivity index (χ1n) is 10.7. The number of furan rings is 1. The summed E-state index contributed by atoms with van der Waals surface area (Å²) >= 11 is 0. The van der Waals surface area contributed by atoms with Gasteiger partial charge < -0.3 is 20.0 Å². The van der Waals surface area contributed by atoms with Crippen LogP contribution in [-0.4, -0.2) is 36.4 Å². The van der Waals surface area contributed by atoms with Crippen molar-refractivity contribution in [1.82, 2.24) is 10.2 Å². The van der Waals surface area contributed by atoms with Crippen molar-refractivity contribution in [2.75, 3.05) is 25.0 Å². The summed E-state index contributed by atoms with van der Waals surface area (Å²) in [6.45, 7) is 5.41. The van der Waals surface area contributed by atoms with Gasteiger partial charge in [-0.05, 0) is 48.7 Å². The maximum absolute atomic E-state index is 12.2. The summed E-state index contributed by atoms with van der Waals surface area (Å²) in [5.74, 6) is 1.50. The third-order valence-electron chi connectivity index (χ3n) is 5.43. The molecule has 4 rings (SSSR count). The fraction of sp³-hybridized carbons (Fsp3) is 0.280. The predicted molar refractivity (Wildman–Crippen MR) is 139 cm³/mol. The second-order valence-electron chi connectivity index (χ2n) is 7.64. The first kappa shape index (κ1) is 23.8. The van der Waals surface area contributed by atoms with Crippen molar-refractivity contribution in [3.05, 3.63) is 89.9 Å². The number of hydrogen-bond acceptors (Lipinski definition) is 3. The second-order valence-corrected chi connectivity index (χ2v) is 7.64. The van der Waals surface area contributed by atoms with Crippen LogP contribution in [-0.2, 0) is 6.54 Å². The molecule has 168 valence electrons. The summed E-state index contributed by atoms with van der Waals surface area (Å²) in [6, 6.07) is 21.8. The number of nitrogens with zero attached hydrogens (tertiary/aromatic N) is 2. The van der Waals surface area contributed by atoms with E-state index in [0.717, 1.165) is 43.3 Å². The molecule has 0 aliphatic carbocycles. The standard InChI is InChI=1S/C25H28N4O2.HI/c1-2-26-25(29-14-13-21(18-29)20-9-4-3-5-10-20)27-17-19-8-6-11-22(16-19)28-24(30)23-12-7-15-31-23;/h3-12,15-16,21H,2,13-14,17-18H2,1H3,(H,26,27)(H,28,30);1H. The number of rotatable bonds is 6. The average molecular weight is 544 g/mol. The van der Waals surface area contributed by atoms with Crippen LogP contribution in [0.2, 0.25) is 0 Å². The van der Waals surface area contributed by atoms with Gasteiger partial charge in [-0.25, -0.2) is 4.99 Å². The topological polar surface area (TPSA) is 69.9 Å². The van der Waals surface area contributed by atoms with Gasteiger partial charge in [0, 0.05) is 31.2 Å². The number of benzene rings is 2. The lowest BCUT2D eigenvalue weighted by Gasteiger charge is -2.22. The number of aliphatic imine (C=N–C) groups is 1. The lowest BCUT2D eigenvalue weighted by Crippen LogP contribution is -2.40. The van der Waals surface area contributed by atoms with E-state index in [4.69, 9.17) is 9.41 Å². The van der Waals surface area contributed by atoms with Gasteiger partial charge in [0.05, 0.1) is 12.8 Å². The third kappa shape index (κ3) is 6.12. The molecular weight excluding hydrogens is 515 g/mol. The highest BCUT2D eigenvalue weighted by Crippen LogP contribution is 2.27. The minimum absolute atomic E-state index is 0. The van der Waals surface area contributed by atoms with E-state index in [1.165, 1.54) is 11.8 Å². The van der Waals surface area contributed by atoms with Crippen LogP contribution in [0.4, 0.5) is 5.69 Å². The molecule has 1 aromatic heterocycles. The van der Waals surface area contributed by atoms with Crippen molar-refractivity contribution < 1.29 is 9.21 Å². The number of guanidine groups is 1. The van der Waals surface area contributed by atoms with Gasteiger partial charge >= 0.3 is 0 Å². The van der Waals surface area contributed by atoms with Gasteiger partial charge in [-0.15, -0.1) is 24.0 Å². The largest absolute Gasteiger partial charge is 0.459 e. The fourth-order valence-electron chi connectivity index (χ4n) is 3.89. The zero-order valence-electron chi connectivity index (χ0n) is 18.2. The van der Waals surface area contributed by atoms with Crippen LogP contribution in [0.5, 0.6) is 0 Å². The molecule has 32 heavy (non-hydrogen) atoms. The number of likely N-dealkylation sites (tertiary alicyclic amines) is 1. The Kier molecular flexibility index (Phi) is 8.72. The lowest BCUT2D eigenvalue weighted by molar-refractivity contribution is 0.0996. The summed E-state index contributed by atoms with van der Waals surface area (Å²) in [7, 11) is 0. The van der Waals surface area contributed by atoms with Crippen LogP contribution in [0.1, 0.15) is 40.9 Å². The summed E-state index contributed by atoms with van der Waals surface area (Å²) in [6.07, 6.45) is 2.62. The summed E-state index contributed by atoms with van der Waals surface area (Å²) < 4.78 is 5.15. The monoisotopic (exact) mass is 544 g/mol. The molecule has 0 saturated carbocycles. The van der Waals surface area contributed by atoms with Crippen LogP contribution in [0.25, 0.3) is 0 Å². The van der Waals surface area contributed by atoms with Crippen molar-refractivity contribution >= 4 is 41.5 Å². The molecule has 1 saturated heterocycles. The molecule has 2 heterocycles. The Bertz CT molecular complexity index is 1020. The molecule has 1 amide bonds. The van der Waals surface area contributed by atoms with E-state index in [0.29, 0.717) is 18.2 Å². The lowest BCUT2D eigenvalue weighted by atomic mass is 9.99. The molecule has 2 N–H and O–H groups in total. The first-order chi connectivity index (χ1) is 15.2. The van der Waals surface area contributed by atoms with E-state index < -0.39 is 0 Å². The highest BCUT2D eigenvalue weighted by Gasteiger charge is 2.25. The van der Waals surface area contributed by atoms with Gasteiger partial charge in [0.15, 0.2) is 11.7 Å². The van der Waals surface area contributed by atoms with Crippen LogP contribution in [0.3, 0.4) is 0 Å². The van der Waals surface area contributed by atoms with Gasteiger partial charge in [0.1, 0.15) is 0 Å². The van der Waals surface area contributed by atoms with E-state index in [1.54, 1.807) is 12.1 Å². The maximum Gasteiger partial charge on any atom is 0.291 e. The number of carbonyl (C=O) groups is 1. The van der Waals surface area contributed by atoms with Crippen molar-refractivity contribution in [3.8, 4) is 0 Å². The molecule has 1 fully saturated rings. The average Bonchev–Trinajstić information content (AvgIpc) is 3.50. The molecule has 2 aromatic carbocycles. The SMILES string of the molecule is CCNC(=NCc1cccc(NC(=O)c2ccco2)c1)N1CCC(c2ccccc2)C1.I. The second kappa shape index (κ2) is 11.7. The maximum atomic E-state index is 12.2. The van der Waals surface area contributed by atoms with Crippen LogP contribution >= 0.6 is 24.0 Å². The Morgan fingerprint density at radius 1 is 1.12 bits per heavy atom. The molecular formula is C25H29IN4O2. The van der Waals surface area contributed by atoms with Gasteiger partial charge in [-0.2, -0.15) is 0 Å². The zero-order valence-corrected chi connectivity index (χ0v) is 20.5. The number of carbonyl (C=O) groups excluding carboxylic acids is 1. The van der Waals surface area contributed by atoms with Crippen LogP contribution in [0, 0.1) is 0 Å². The fourth-order valence-corrected chi connectivity index (χ4v) is 3.89. The highest BCUT2D eigenvalue weighted by molar-refractivity contribution is 14.0. The first-order valence-corrected chi connectivity index (χ1v) is 10.7. The normalized spacial score (nSPS) is 15.8. The van der Waals surface area contributed by atoms with Gasteiger partial charge in [-0.1, -0.05) is 42.5 Å².